The molecule has 1 fully saturated rings. The largest absolute Gasteiger partial charge is 0.460 e. The number of rotatable bonds is 13. The van der Waals surface area contributed by atoms with Crippen LogP contribution in [0, 0.1) is 0 Å². The number of fused-ring (bicyclic) bond motifs is 6. The Morgan fingerprint density at radius 1 is 1.03 bits per heavy atom. The normalized spacial score (nSPS) is 23.3. The summed E-state index contributed by atoms with van der Waals surface area (Å²) in [4.78, 5) is 57.9. The lowest BCUT2D eigenvalue weighted by Gasteiger charge is -2.39. The first kappa shape index (κ1) is 42.8. The molecule has 0 aliphatic carbocycles. The number of nitrogens with zero attached hydrogens (tertiary/aromatic N) is 2. The summed E-state index contributed by atoms with van der Waals surface area (Å²) in [5.74, 6) is -0.792. The second kappa shape index (κ2) is 17.1. The van der Waals surface area contributed by atoms with E-state index in [2.05, 4.69) is 17.6 Å². The summed E-state index contributed by atoms with van der Waals surface area (Å²) in [7, 11) is 0. The van der Waals surface area contributed by atoms with Gasteiger partial charge in [0.25, 0.3) is 5.56 Å². The smallest absolute Gasteiger partial charge is 0.412 e. The summed E-state index contributed by atoms with van der Waals surface area (Å²) in [5, 5.41) is 57.8. The molecule has 1 saturated heterocycles. The van der Waals surface area contributed by atoms with Crippen molar-refractivity contribution in [2.24, 2.45) is 5.73 Å². The monoisotopic (exact) mass is 861 g/mol. The molecule has 1 unspecified atom stereocenters. The summed E-state index contributed by atoms with van der Waals surface area (Å²) in [6.45, 7) is 2.14. The number of nitrogens with two attached hydrogens (primary N) is 1. The molecule has 330 valence electrons. The molecule has 2 amide bonds. The molecule has 62 heavy (non-hydrogen) atoms. The average molecular weight is 862 g/mol. The Morgan fingerprint density at radius 2 is 1.84 bits per heavy atom. The number of cyclic esters (lactones) is 1. The van der Waals surface area contributed by atoms with E-state index in [0.717, 1.165) is 30.4 Å². The highest BCUT2D eigenvalue weighted by Gasteiger charge is 2.46. The fourth-order valence-electron chi connectivity index (χ4n) is 8.18. The first-order chi connectivity index (χ1) is 29.7. The zero-order chi connectivity index (χ0) is 44.0. The van der Waals surface area contributed by atoms with Gasteiger partial charge in [-0.05, 0) is 49.1 Å². The van der Waals surface area contributed by atoms with Crippen LogP contribution in [-0.4, -0.2) is 104 Å². The molecule has 4 aromatic rings. The minimum absolute atomic E-state index is 0.0104. The molecule has 9 N–H and O–H groups in total. The molecule has 2 aromatic heterocycles. The van der Waals surface area contributed by atoms with E-state index in [4.69, 9.17) is 39.1 Å². The number of anilines is 2. The number of esters is 1. The summed E-state index contributed by atoms with van der Waals surface area (Å²) >= 11 is 0. The minimum atomic E-state index is -2.04. The first-order valence-electron chi connectivity index (χ1n) is 20.2. The molecule has 20 heteroatoms. The molecule has 4 aliphatic rings. The van der Waals surface area contributed by atoms with E-state index in [1.54, 1.807) is 16.7 Å². The van der Waals surface area contributed by atoms with Gasteiger partial charge < -0.3 is 69.6 Å². The van der Waals surface area contributed by atoms with Crippen molar-refractivity contribution in [1.29, 1.82) is 0 Å². The van der Waals surface area contributed by atoms with Crippen LogP contribution in [0.3, 0.4) is 0 Å². The number of carbonyl (C=O) groups is 3. The van der Waals surface area contributed by atoms with E-state index in [1.807, 2.05) is 0 Å². The molecule has 20 nitrogen and oxygen atoms in total. The molecule has 4 aliphatic heterocycles. The lowest BCUT2D eigenvalue weighted by atomic mass is 9.89. The number of aromatic nitrogens is 2. The topological polar surface area (TPSA) is 293 Å². The number of aliphatic hydroxyl groups excluding tert-OH is 4. The van der Waals surface area contributed by atoms with Crippen LogP contribution in [-0.2, 0) is 55.6 Å². The van der Waals surface area contributed by atoms with Crippen LogP contribution in [0.25, 0.3) is 22.3 Å². The third kappa shape index (κ3) is 7.67. The predicted octanol–water partition coefficient (Wildman–Crippen LogP) is 1.37. The fourth-order valence-corrected chi connectivity index (χ4v) is 8.18. The van der Waals surface area contributed by atoms with Crippen molar-refractivity contribution >= 4 is 40.2 Å². The van der Waals surface area contributed by atoms with Gasteiger partial charge in [0.05, 0.1) is 41.3 Å². The van der Waals surface area contributed by atoms with Gasteiger partial charge in [0.15, 0.2) is 17.1 Å². The van der Waals surface area contributed by atoms with Gasteiger partial charge in [0, 0.05) is 35.5 Å². The van der Waals surface area contributed by atoms with Gasteiger partial charge in [-0.15, -0.1) is 0 Å². The van der Waals surface area contributed by atoms with Gasteiger partial charge in [0.1, 0.15) is 49.1 Å². The maximum atomic E-state index is 13.9. The van der Waals surface area contributed by atoms with Crippen molar-refractivity contribution in [3.05, 3.63) is 68.5 Å². The number of aryl methyl sites for hydroxylation is 1. The number of benzene rings is 2. The maximum Gasteiger partial charge on any atom is 0.412 e. The molecule has 0 radical (unpaired) electrons. The number of amides is 2. The standard InChI is InChI=1S/C42H47N5O15/c1-3-4-5-6-20-21-14-47-26(12-23-22(38(47)53)17-57-40(54)42(23,2)56)32(21)45-25-13-28-37(60-18-59-28)33(31(20)25)46-41(55)58-16-19-7-8-27(24(11-19)44-30(49)9-10-43)61-39-36(52)35(51)34(50)29(15-48)62-39/h7-8,11-13,29,34-36,39,48,50-52,56H,3-6,9-10,14-18,43H2,1-2H3,(H,44,49)(H,46,55)/t29-,34-,35+,36+,39+,42?/m1/s1. The summed E-state index contributed by atoms with van der Waals surface area (Å²) in [5.41, 5.74) is 7.03. The van der Waals surface area contributed by atoms with Crippen molar-refractivity contribution in [3.63, 3.8) is 0 Å². The second-order valence-electron chi connectivity index (χ2n) is 15.6. The third-order valence-corrected chi connectivity index (χ3v) is 11.5. The molecule has 6 atom stereocenters. The van der Waals surface area contributed by atoms with E-state index in [0.29, 0.717) is 40.0 Å². The van der Waals surface area contributed by atoms with Gasteiger partial charge in [-0.25, -0.2) is 14.6 Å². The molecule has 0 bridgehead atoms. The maximum absolute atomic E-state index is 13.9. The zero-order valence-electron chi connectivity index (χ0n) is 33.8. The molecule has 8 rings (SSSR count). The van der Waals surface area contributed by atoms with Crippen LogP contribution < -0.4 is 36.1 Å². The average Bonchev–Trinajstić information content (AvgIpc) is 3.87. The number of hydrogen-bond donors (Lipinski definition) is 8. The van der Waals surface area contributed by atoms with Crippen molar-refractivity contribution in [1.82, 2.24) is 9.55 Å². The zero-order valence-corrected chi connectivity index (χ0v) is 33.8. The molecule has 6 heterocycles. The Bertz CT molecular complexity index is 2510. The quantitative estimate of drug-likeness (QED) is 0.0613. The number of carbonyl (C=O) groups excluding carboxylic acids is 3. The summed E-state index contributed by atoms with van der Waals surface area (Å²) in [6, 6.07) is 7.71. The molecule has 0 saturated carbocycles. The van der Waals surface area contributed by atoms with Crippen LogP contribution in [0.2, 0.25) is 0 Å². The van der Waals surface area contributed by atoms with Crippen molar-refractivity contribution < 1.29 is 68.3 Å². The van der Waals surface area contributed by atoms with E-state index >= 15 is 0 Å². The number of hydrogen-bond acceptors (Lipinski definition) is 17. The van der Waals surface area contributed by atoms with Crippen LogP contribution >= 0.6 is 0 Å². The van der Waals surface area contributed by atoms with Crippen LogP contribution in [0.4, 0.5) is 16.2 Å². The van der Waals surface area contributed by atoms with Crippen molar-refractivity contribution in [2.45, 2.75) is 102 Å². The van der Waals surface area contributed by atoms with Gasteiger partial charge in [0.2, 0.25) is 19.0 Å². The number of ether oxygens (including phenoxy) is 6. The summed E-state index contributed by atoms with van der Waals surface area (Å²) < 4.78 is 35.3. The number of aliphatic hydroxyl groups is 5. The van der Waals surface area contributed by atoms with E-state index < -0.39 is 66.4 Å². The lowest BCUT2D eigenvalue weighted by molar-refractivity contribution is -0.277. The van der Waals surface area contributed by atoms with Crippen molar-refractivity contribution in [3.8, 4) is 28.6 Å². The Morgan fingerprint density at radius 3 is 2.60 bits per heavy atom. The molecule has 0 spiro atoms. The predicted molar refractivity (Wildman–Crippen MR) is 216 cm³/mol. The van der Waals surface area contributed by atoms with Crippen LogP contribution in [0.5, 0.6) is 17.2 Å². The number of unbranched alkanes of at least 4 members (excludes halogenated alkanes) is 2. The highest BCUT2D eigenvalue weighted by molar-refractivity contribution is 6.06. The van der Waals surface area contributed by atoms with Crippen molar-refractivity contribution in [2.75, 3.05) is 30.6 Å². The second-order valence-corrected chi connectivity index (χ2v) is 15.6. The van der Waals surface area contributed by atoms with E-state index in [9.17, 15) is 44.7 Å². The Kier molecular flexibility index (Phi) is 11.8. The van der Waals surface area contributed by atoms with Gasteiger partial charge in [-0.2, -0.15) is 0 Å². The molecule has 2 aromatic carbocycles. The number of pyridine rings is 2. The molecular weight excluding hydrogens is 814 g/mol. The SMILES string of the molecule is CCCCCc1c2c(nc3cc4c(c(NC(=O)OCc5ccc(O[C@H]6O[C@H](CO)[C@@H](O)[C@H](O)[C@@H]6O)c(NC(=O)CCN)c5)c13)OCO4)-c1cc3c(c(=O)n1C2)COC(=O)C3(C)O. The Hall–Kier alpha value is -5.87. The highest BCUT2D eigenvalue weighted by atomic mass is 16.7. The van der Waals surface area contributed by atoms with E-state index in [1.165, 1.54) is 25.1 Å². The fraction of sp³-hybridized carbons (Fsp3) is 0.452. The van der Waals surface area contributed by atoms with Crippen LogP contribution in [0.1, 0.15) is 67.3 Å². The van der Waals surface area contributed by atoms with Crippen LogP contribution in [0.15, 0.2) is 35.1 Å². The number of nitrogens with one attached hydrogen (secondary N) is 2. The third-order valence-electron chi connectivity index (χ3n) is 11.5. The summed E-state index contributed by atoms with van der Waals surface area (Å²) in [6.07, 6.45) is -5.64. The Labute approximate surface area is 353 Å². The van der Waals surface area contributed by atoms with Gasteiger partial charge in [-0.3, -0.25) is 14.9 Å². The minimum Gasteiger partial charge on any atom is -0.460 e. The van der Waals surface area contributed by atoms with Gasteiger partial charge in [-0.1, -0.05) is 25.8 Å². The van der Waals surface area contributed by atoms with Gasteiger partial charge >= 0.3 is 12.1 Å². The highest BCUT2D eigenvalue weighted by Crippen LogP contribution is 2.49. The van der Waals surface area contributed by atoms with E-state index in [-0.39, 0.29) is 73.5 Å². The first-order valence-corrected chi connectivity index (χ1v) is 20.2. The lowest BCUT2D eigenvalue weighted by Crippen LogP contribution is -2.60. The Balaban J connectivity index is 1.11. The molecular formula is C42H47N5O15.